The van der Waals surface area contributed by atoms with E-state index >= 15 is 0 Å². The topological polar surface area (TPSA) is 107 Å². The molecule has 26 heavy (non-hydrogen) atoms. The molecule has 5 atom stereocenters. The summed E-state index contributed by atoms with van der Waals surface area (Å²) in [5.74, 6) is -3.58. The summed E-state index contributed by atoms with van der Waals surface area (Å²) in [6.07, 6.45) is 2.06. The number of ether oxygens (including phenoxy) is 1. The number of β-amino-alcohol motifs (C(OH)–C–C–N with tert-alkyl or cyclic N) is 1. The zero-order chi connectivity index (χ0) is 19.2. The highest BCUT2D eigenvalue weighted by atomic mass is 16.5. The Morgan fingerprint density at radius 1 is 1.50 bits per heavy atom. The van der Waals surface area contributed by atoms with E-state index in [-0.39, 0.29) is 25.1 Å². The van der Waals surface area contributed by atoms with E-state index in [2.05, 4.69) is 6.58 Å². The molecular formula is C18H26N2O6. The summed E-state index contributed by atoms with van der Waals surface area (Å²) in [5.41, 5.74) is -1.12. The molecule has 0 aromatic rings. The van der Waals surface area contributed by atoms with Crippen LogP contribution in [0.5, 0.6) is 0 Å². The largest absolute Gasteiger partial charge is 0.481 e. The van der Waals surface area contributed by atoms with Crippen molar-refractivity contribution in [3.05, 3.63) is 12.7 Å². The van der Waals surface area contributed by atoms with Crippen molar-refractivity contribution in [3.63, 3.8) is 0 Å². The number of fused-ring (bicyclic) bond motifs is 1. The molecular weight excluding hydrogens is 340 g/mol. The fourth-order valence-corrected chi connectivity index (χ4v) is 4.91. The number of carboxylic acid groups (broad SMARTS) is 1. The Morgan fingerprint density at radius 3 is 2.73 bits per heavy atom. The molecule has 0 aromatic heterocycles. The minimum absolute atomic E-state index is 0.0200. The molecule has 8 heteroatoms. The average molecular weight is 366 g/mol. The molecule has 3 aliphatic rings. The number of rotatable bonds is 7. The second kappa shape index (κ2) is 6.66. The molecule has 0 unspecified atom stereocenters. The number of aliphatic hydroxyl groups is 1. The minimum Gasteiger partial charge on any atom is -0.481 e. The van der Waals surface area contributed by atoms with Crippen molar-refractivity contribution >= 4 is 17.8 Å². The number of aliphatic hydroxyl groups excluding tert-OH is 1. The van der Waals surface area contributed by atoms with Crippen LogP contribution in [-0.4, -0.2) is 81.3 Å². The van der Waals surface area contributed by atoms with Crippen molar-refractivity contribution in [2.75, 3.05) is 19.7 Å². The molecule has 1 spiro atoms. The van der Waals surface area contributed by atoms with Crippen LogP contribution in [0.15, 0.2) is 12.7 Å². The Labute approximate surface area is 152 Å². The third-order valence-corrected chi connectivity index (χ3v) is 5.89. The van der Waals surface area contributed by atoms with E-state index in [4.69, 9.17) is 4.74 Å². The summed E-state index contributed by atoms with van der Waals surface area (Å²) < 4.78 is 6.05. The minimum atomic E-state index is -1.12. The van der Waals surface area contributed by atoms with Crippen LogP contribution in [0.4, 0.5) is 0 Å². The predicted molar refractivity (Wildman–Crippen MR) is 91.1 cm³/mol. The van der Waals surface area contributed by atoms with Crippen molar-refractivity contribution in [1.29, 1.82) is 0 Å². The highest BCUT2D eigenvalue weighted by Gasteiger charge is 2.74. The van der Waals surface area contributed by atoms with E-state index in [9.17, 15) is 24.6 Å². The number of carbonyl (C=O) groups is 3. The van der Waals surface area contributed by atoms with Gasteiger partial charge in [-0.2, -0.15) is 0 Å². The first-order valence-corrected chi connectivity index (χ1v) is 9.03. The smallest absolute Gasteiger partial charge is 0.310 e. The van der Waals surface area contributed by atoms with Crippen LogP contribution in [0.1, 0.15) is 26.7 Å². The lowest BCUT2D eigenvalue weighted by Gasteiger charge is -2.38. The van der Waals surface area contributed by atoms with Gasteiger partial charge in [0.1, 0.15) is 11.6 Å². The fourth-order valence-electron chi connectivity index (χ4n) is 4.91. The molecule has 3 saturated heterocycles. The maximum absolute atomic E-state index is 13.4. The fraction of sp³-hybridized carbons (Fsp3) is 0.722. The van der Waals surface area contributed by atoms with Crippen molar-refractivity contribution < 1.29 is 29.3 Å². The van der Waals surface area contributed by atoms with Gasteiger partial charge in [-0.25, -0.2) is 0 Å². The molecule has 8 nitrogen and oxygen atoms in total. The van der Waals surface area contributed by atoms with Gasteiger partial charge in [-0.1, -0.05) is 6.08 Å². The van der Waals surface area contributed by atoms with Crippen LogP contribution in [0, 0.1) is 11.8 Å². The van der Waals surface area contributed by atoms with Crippen LogP contribution in [0.3, 0.4) is 0 Å². The number of carbonyl (C=O) groups excluding carboxylic acids is 2. The van der Waals surface area contributed by atoms with Crippen LogP contribution >= 0.6 is 0 Å². The van der Waals surface area contributed by atoms with E-state index in [1.165, 1.54) is 4.90 Å². The second-order valence-electron chi connectivity index (χ2n) is 7.52. The normalized spacial score (nSPS) is 35.1. The van der Waals surface area contributed by atoms with Gasteiger partial charge in [0.25, 0.3) is 0 Å². The number of amides is 2. The first-order chi connectivity index (χ1) is 12.3. The molecule has 2 bridgehead atoms. The van der Waals surface area contributed by atoms with Crippen molar-refractivity contribution in [1.82, 2.24) is 9.80 Å². The van der Waals surface area contributed by atoms with E-state index in [1.54, 1.807) is 11.0 Å². The van der Waals surface area contributed by atoms with E-state index < -0.39 is 41.5 Å². The van der Waals surface area contributed by atoms with E-state index in [0.717, 1.165) is 0 Å². The summed E-state index contributed by atoms with van der Waals surface area (Å²) in [6, 6.07) is -1.03. The Bertz CT molecular complexity index is 635. The van der Waals surface area contributed by atoms with Gasteiger partial charge in [0, 0.05) is 19.1 Å². The molecule has 0 saturated carbocycles. The monoisotopic (exact) mass is 366 g/mol. The van der Waals surface area contributed by atoms with Gasteiger partial charge in [0.15, 0.2) is 0 Å². The lowest BCUT2D eigenvalue weighted by molar-refractivity contribution is -0.151. The predicted octanol–water partition coefficient (Wildman–Crippen LogP) is -0.139. The summed E-state index contributed by atoms with van der Waals surface area (Å²) in [5, 5.41) is 19.0. The van der Waals surface area contributed by atoms with Crippen LogP contribution in [0.2, 0.25) is 0 Å². The molecule has 3 rings (SSSR count). The SMILES string of the molecule is C=CCN(C(=O)[C@@H]1N(CCO)C(=O)[C@H]2[C@H](C(=O)O)[C@@H]3CC[C@]12O3)C(C)C. The molecule has 2 N–H and O–H groups in total. The maximum Gasteiger partial charge on any atom is 0.310 e. The molecule has 3 aliphatic heterocycles. The van der Waals surface area contributed by atoms with Gasteiger partial charge in [0.2, 0.25) is 11.8 Å². The summed E-state index contributed by atoms with van der Waals surface area (Å²) in [7, 11) is 0. The van der Waals surface area contributed by atoms with Gasteiger partial charge in [-0.15, -0.1) is 6.58 Å². The molecule has 3 fully saturated rings. The Kier molecular flexibility index (Phi) is 4.83. The molecule has 3 heterocycles. The summed E-state index contributed by atoms with van der Waals surface area (Å²) in [4.78, 5) is 41.1. The van der Waals surface area contributed by atoms with Gasteiger partial charge in [-0.05, 0) is 26.7 Å². The summed E-state index contributed by atoms with van der Waals surface area (Å²) >= 11 is 0. The highest BCUT2D eigenvalue weighted by molar-refractivity contribution is 5.98. The zero-order valence-corrected chi connectivity index (χ0v) is 15.1. The van der Waals surface area contributed by atoms with Crippen LogP contribution in [-0.2, 0) is 19.1 Å². The molecule has 0 radical (unpaired) electrons. The quantitative estimate of drug-likeness (QED) is 0.608. The summed E-state index contributed by atoms with van der Waals surface area (Å²) in [6.45, 7) is 7.43. The highest BCUT2D eigenvalue weighted by Crippen LogP contribution is 2.58. The van der Waals surface area contributed by atoms with Crippen LogP contribution in [0.25, 0.3) is 0 Å². The molecule has 0 aromatic carbocycles. The van der Waals surface area contributed by atoms with Gasteiger partial charge >= 0.3 is 5.97 Å². The molecule has 2 amide bonds. The third-order valence-electron chi connectivity index (χ3n) is 5.89. The lowest BCUT2D eigenvalue weighted by atomic mass is 9.70. The van der Waals surface area contributed by atoms with Crippen molar-refractivity contribution in [2.24, 2.45) is 11.8 Å². The first-order valence-electron chi connectivity index (χ1n) is 9.03. The second-order valence-corrected chi connectivity index (χ2v) is 7.52. The third kappa shape index (κ3) is 2.46. The van der Waals surface area contributed by atoms with Crippen molar-refractivity contribution in [2.45, 2.75) is 50.5 Å². The van der Waals surface area contributed by atoms with Gasteiger partial charge in [0.05, 0.1) is 24.5 Å². The molecule has 0 aliphatic carbocycles. The number of aliphatic carboxylic acids is 1. The van der Waals surface area contributed by atoms with Gasteiger partial charge < -0.3 is 24.7 Å². The zero-order valence-electron chi connectivity index (χ0n) is 15.1. The van der Waals surface area contributed by atoms with E-state index in [0.29, 0.717) is 19.4 Å². The Morgan fingerprint density at radius 2 is 2.19 bits per heavy atom. The number of likely N-dealkylation sites (tertiary alicyclic amines) is 1. The van der Waals surface area contributed by atoms with Crippen molar-refractivity contribution in [3.8, 4) is 0 Å². The standard InChI is InChI=1S/C18H26N2O6/c1-4-7-19(10(2)3)16(23)14-18-6-5-11(26-18)12(17(24)25)13(18)15(22)20(14)8-9-21/h4,10-14,21H,1,5-9H2,2-3H3,(H,24,25)/t11-,12+,13+,14-,18+/m0/s1. The average Bonchev–Trinajstić information content (AvgIpc) is 3.20. The number of hydrogen-bond donors (Lipinski definition) is 2. The Balaban J connectivity index is 2.04. The number of carboxylic acids is 1. The maximum atomic E-state index is 13.4. The van der Waals surface area contributed by atoms with Crippen LogP contribution < -0.4 is 0 Å². The van der Waals surface area contributed by atoms with E-state index in [1.807, 2.05) is 13.8 Å². The number of hydrogen-bond acceptors (Lipinski definition) is 5. The number of nitrogens with zero attached hydrogens (tertiary/aromatic N) is 2. The molecule has 144 valence electrons. The lowest BCUT2D eigenvalue weighted by Crippen LogP contribution is -2.57. The van der Waals surface area contributed by atoms with Gasteiger partial charge in [-0.3, -0.25) is 14.4 Å². The Hall–Kier alpha value is -1.93. The first kappa shape index (κ1) is 18.8.